The fourth-order valence-corrected chi connectivity index (χ4v) is 5.48. The number of aliphatic hydroxyl groups is 1. The van der Waals surface area contributed by atoms with Gasteiger partial charge in [-0.1, -0.05) is 24.3 Å². The standard InChI is InChI=1S/C15H17NO3S/c16-10-14(15(17)7-8-20(18,19)11-15)6-5-12-3-1-2-4-13(12)9-14/h1-4,17H,5-9,11H2. The quantitative estimate of drug-likeness (QED) is 0.844. The van der Waals surface area contributed by atoms with E-state index in [0.717, 1.165) is 5.56 Å². The predicted octanol–water partition coefficient (Wildman–Crippen LogP) is 1.23. The van der Waals surface area contributed by atoms with Gasteiger partial charge in [0.1, 0.15) is 0 Å². The second-order valence-electron chi connectivity index (χ2n) is 6.01. The van der Waals surface area contributed by atoms with Crippen LogP contribution in [0, 0.1) is 16.7 Å². The molecule has 2 aliphatic rings. The van der Waals surface area contributed by atoms with Crippen LogP contribution in [-0.4, -0.2) is 30.6 Å². The number of hydrogen-bond acceptors (Lipinski definition) is 4. The Labute approximate surface area is 119 Å². The molecule has 0 radical (unpaired) electrons. The zero-order valence-electron chi connectivity index (χ0n) is 11.2. The van der Waals surface area contributed by atoms with Gasteiger partial charge in [-0.2, -0.15) is 5.26 Å². The monoisotopic (exact) mass is 291 g/mol. The molecule has 4 nitrogen and oxygen atoms in total. The Morgan fingerprint density at radius 2 is 1.90 bits per heavy atom. The summed E-state index contributed by atoms with van der Waals surface area (Å²) >= 11 is 0. The van der Waals surface area contributed by atoms with Crippen molar-refractivity contribution in [1.29, 1.82) is 5.26 Å². The Morgan fingerprint density at radius 1 is 1.20 bits per heavy atom. The maximum absolute atomic E-state index is 11.7. The van der Waals surface area contributed by atoms with E-state index in [1.807, 2.05) is 24.3 Å². The molecule has 1 aliphatic carbocycles. The van der Waals surface area contributed by atoms with Gasteiger partial charge in [-0.15, -0.1) is 0 Å². The normalized spacial score (nSPS) is 35.2. The maximum Gasteiger partial charge on any atom is 0.153 e. The molecule has 1 aromatic rings. The summed E-state index contributed by atoms with van der Waals surface area (Å²) in [7, 11) is -3.23. The van der Waals surface area contributed by atoms with Crippen molar-refractivity contribution in [2.75, 3.05) is 11.5 Å². The number of aryl methyl sites for hydroxylation is 1. The number of nitrogens with zero attached hydrogens (tertiary/aromatic N) is 1. The van der Waals surface area contributed by atoms with Crippen molar-refractivity contribution in [2.24, 2.45) is 5.41 Å². The first-order valence-electron chi connectivity index (χ1n) is 6.81. The van der Waals surface area contributed by atoms with E-state index in [2.05, 4.69) is 6.07 Å². The molecule has 5 heteroatoms. The molecule has 1 aromatic carbocycles. The number of rotatable bonds is 1. The van der Waals surface area contributed by atoms with Crippen LogP contribution in [-0.2, 0) is 22.7 Å². The Hall–Kier alpha value is -1.38. The highest BCUT2D eigenvalue weighted by molar-refractivity contribution is 7.91. The SMILES string of the molecule is N#CC1(C2(O)CCS(=O)(=O)C2)CCc2ccccc2C1. The van der Waals surface area contributed by atoms with Crippen molar-refractivity contribution < 1.29 is 13.5 Å². The zero-order chi connectivity index (χ0) is 14.4. The van der Waals surface area contributed by atoms with Gasteiger partial charge in [0.15, 0.2) is 9.84 Å². The van der Waals surface area contributed by atoms with E-state index in [1.165, 1.54) is 5.56 Å². The van der Waals surface area contributed by atoms with Crippen molar-refractivity contribution in [1.82, 2.24) is 0 Å². The predicted molar refractivity (Wildman–Crippen MR) is 74.7 cm³/mol. The first kappa shape index (κ1) is 13.6. The summed E-state index contributed by atoms with van der Waals surface area (Å²) in [6, 6.07) is 10.1. The van der Waals surface area contributed by atoms with Crippen LogP contribution >= 0.6 is 0 Å². The van der Waals surface area contributed by atoms with Crippen LogP contribution in [0.2, 0.25) is 0 Å². The molecule has 20 heavy (non-hydrogen) atoms. The molecule has 2 unspecified atom stereocenters. The van der Waals surface area contributed by atoms with E-state index in [9.17, 15) is 18.8 Å². The highest BCUT2D eigenvalue weighted by Gasteiger charge is 2.57. The Morgan fingerprint density at radius 3 is 2.50 bits per heavy atom. The molecule has 1 aliphatic heterocycles. The lowest BCUT2D eigenvalue weighted by Gasteiger charge is -2.42. The summed E-state index contributed by atoms with van der Waals surface area (Å²) in [6.07, 6.45) is 1.84. The molecular formula is C15H17NO3S. The average molecular weight is 291 g/mol. The van der Waals surface area contributed by atoms with Crippen LogP contribution in [0.15, 0.2) is 24.3 Å². The van der Waals surface area contributed by atoms with Crippen LogP contribution in [0.25, 0.3) is 0 Å². The molecule has 106 valence electrons. The zero-order valence-corrected chi connectivity index (χ0v) is 12.0. The smallest absolute Gasteiger partial charge is 0.153 e. The molecule has 1 N–H and O–H groups in total. The third-order valence-corrected chi connectivity index (χ3v) is 6.57. The van der Waals surface area contributed by atoms with Gasteiger partial charge in [-0.3, -0.25) is 0 Å². The van der Waals surface area contributed by atoms with Crippen LogP contribution < -0.4 is 0 Å². The molecule has 3 rings (SSSR count). The summed E-state index contributed by atoms with van der Waals surface area (Å²) in [6.45, 7) is 0. The summed E-state index contributed by atoms with van der Waals surface area (Å²) in [5.74, 6) is -0.301. The van der Waals surface area contributed by atoms with Crippen LogP contribution in [0.4, 0.5) is 0 Å². The van der Waals surface area contributed by atoms with Crippen molar-refractivity contribution in [3.63, 3.8) is 0 Å². The van der Waals surface area contributed by atoms with Gasteiger partial charge in [-0.25, -0.2) is 8.42 Å². The molecular weight excluding hydrogens is 274 g/mol. The minimum atomic E-state index is -3.23. The Kier molecular flexibility index (Phi) is 2.93. The van der Waals surface area contributed by atoms with Gasteiger partial charge in [0.25, 0.3) is 0 Å². The number of benzene rings is 1. The minimum Gasteiger partial charge on any atom is -0.387 e. The van der Waals surface area contributed by atoms with Gasteiger partial charge < -0.3 is 5.11 Å². The Balaban J connectivity index is 2.01. The van der Waals surface area contributed by atoms with E-state index >= 15 is 0 Å². The second-order valence-corrected chi connectivity index (χ2v) is 8.20. The lowest BCUT2D eigenvalue weighted by Crippen LogP contribution is -2.51. The van der Waals surface area contributed by atoms with Crippen LogP contribution in [0.5, 0.6) is 0 Å². The highest BCUT2D eigenvalue weighted by Crippen LogP contribution is 2.47. The van der Waals surface area contributed by atoms with E-state index in [0.29, 0.717) is 19.3 Å². The summed E-state index contributed by atoms with van der Waals surface area (Å²) < 4.78 is 23.4. The first-order valence-corrected chi connectivity index (χ1v) is 8.63. The first-order chi connectivity index (χ1) is 9.40. The largest absolute Gasteiger partial charge is 0.387 e. The van der Waals surface area contributed by atoms with Crippen molar-refractivity contribution in [3.05, 3.63) is 35.4 Å². The molecule has 0 aromatic heterocycles. The van der Waals surface area contributed by atoms with Gasteiger partial charge in [-0.05, 0) is 36.8 Å². The number of sulfone groups is 1. The summed E-state index contributed by atoms with van der Waals surface area (Å²) in [5.41, 5.74) is -0.139. The fraction of sp³-hybridized carbons (Fsp3) is 0.533. The minimum absolute atomic E-state index is 0.0193. The van der Waals surface area contributed by atoms with Crippen LogP contribution in [0.1, 0.15) is 24.0 Å². The van der Waals surface area contributed by atoms with E-state index in [1.54, 1.807) is 0 Å². The summed E-state index contributed by atoms with van der Waals surface area (Å²) in [5, 5.41) is 20.5. The van der Waals surface area contributed by atoms with Gasteiger partial charge in [0.05, 0.1) is 28.6 Å². The summed E-state index contributed by atoms with van der Waals surface area (Å²) in [4.78, 5) is 0. The third kappa shape index (κ3) is 1.95. The van der Waals surface area contributed by atoms with Crippen molar-refractivity contribution >= 4 is 9.84 Å². The fourth-order valence-electron chi connectivity index (χ4n) is 3.54. The van der Waals surface area contributed by atoms with Gasteiger partial charge in [0, 0.05) is 0 Å². The lowest BCUT2D eigenvalue weighted by molar-refractivity contribution is -0.0398. The van der Waals surface area contributed by atoms with Crippen LogP contribution in [0.3, 0.4) is 0 Å². The van der Waals surface area contributed by atoms with E-state index in [-0.39, 0.29) is 17.9 Å². The third-order valence-electron chi connectivity index (χ3n) is 4.82. The van der Waals surface area contributed by atoms with Crippen molar-refractivity contribution in [3.8, 4) is 6.07 Å². The number of fused-ring (bicyclic) bond motifs is 1. The molecule has 0 bridgehead atoms. The second kappa shape index (κ2) is 4.31. The number of nitriles is 1. The molecule has 1 fully saturated rings. The Bertz CT molecular complexity index is 691. The van der Waals surface area contributed by atoms with E-state index < -0.39 is 20.9 Å². The maximum atomic E-state index is 11.7. The molecule has 1 heterocycles. The van der Waals surface area contributed by atoms with E-state index in [4.69, 9.17) is 0 Å². The molecule has 0 spiro atoms. The molecule has 1 saturated heterocycles. The molecule has 2 atom stereocenters. The average Bonchev–Trinajstić information content (AvgIpc) is 2.73. The molecule has 0 saturated carbocycles. The topological polar surface area (TPSA) is 78.2 Å². The van der Waals surface area contributed by atoms with Gasteiger partial charge >= 0.3 is 0 Å². The van der Waals surface area contributed by atoms with Crippen molar-refractivity contribution in [2.45, 2.75) is 31.3 Å². The highest BCUT2D eigenvalue weighted by atomic mass is 32.2. The van der Waals surface area contributed by atoms with Gasteiger partial charge in [0.2, 0.25) is 0 Å². The lowest BCUT2D eigenvalue weighted by atomic mass is 9.62. The number of hydrogen-bond donors (Lipinski definition) is 1. The molecule has 0 amide bonds.